The van der Waals surface area contributed by atoms with Crippen LogP contribution >= 0.6 is 23.5 Å². The lowest BCUT2D eigenvalue weighted by Crippen LogP contribution is -2.35. The Hall–Kier alpha value is -0.260. The lowest BCUT2D eigenvalue weighted by Gasteiger charge is -2.22. The van der Waals surface area contributed by atoms with E-state index < -0.39 is 0 Å². The SMILES string of the molecule is CC(C)(C)NCc1ccnc(C2CSCCS2)n1. The summed E-state index contributed by atoms with van der Waals surface area (Å²) in [6, 6.07) is 2.00. The third kappa shape index (κ3) is 4.44. The lowest BCUT2D eigenvalue weighted by molar-refractivity contribution is 0.420. The van der Waals surface area contributed by atoms with Crippen molar-refractivity contribution in [3.63, 3.8) is 0 Å². The van der Waals surface area contributed by atoms with Crippen molar-refractivity contribution in [2.45, 2.75) is 38.1 Å². The van der Waals surface area contributed by atoms with E-state index in [0.717, 1.165) is 23.8 Å². The molecule has 0 spiro atoms. The Balaban J connectivity index is 2.00. The Morgan fingerprint density at radius 2 is 2.22 bits per heavy atom. The highest BCUT2D eigenvalue weighted by Crippen LogP contribution is 2.34. The van der Waals surface area contributed by atoms with E-state index >= 15 is 0 Å². The molecule has 0 radical (unpaired) electrons. The average Bonchev–Trinajstić information content (AvgIpc) is 2.37. The number of hydrogen-bond donors (Lipinski definition) is 1. The molecule has 1 aromatic rings. The molecule has 1 aliphatic rings. The molecule has 1 atom stereocenters. The molecule has 1 unspecified atom stereocenters. The third-order valence-corrected chi connectivity index (χ3v) is 5.39. The Kier molecular flexibility index (Phi) is 4.92. The first-order valence-electron chi connectivity index (χ1n) is 6.31. The normalized spacial score (nSPS) is 20.9. The molecule has 1 saturated heterocycles. The number of aromatic nitrogens is 2. The van der Waals surface area contributed by atoms with Gasteiger partial charge in [0, 0.05) is 35.5 Å². The van der Waals surface area contributed by atoms with E-state index in [9.17, 15) is 0 Å². The van der Waals surface area contributed by atoms with Crippen LogP contribution < -0.4 is 5.32 Å². The standard InChI is InChI=1S/C13H21N3S2/c1-13(2,3)15-8-10-4-5-14-12(16-10)11-9-17-6-7-18-11/h4-5,11,15H,6-9H2,1-3H3. The molecule has 18 heavy (non-hydrogen) atoms. The number of rotatable bonds is 3. The van der Waals surface area contributed by atoms with Crippen LogP contribution in [0.3, 0.4) is 0 Å². The van der Waals surface area contributed by atoms with Crippen molar-refractivity contribution in [3.05, 3.63) is 23.8 Å². The Morgan fingerprint density at radius 3 is 2.89 bits per heavy atom. The molecule has 0 amide bonds. The van der Waals surface area contributed by atoms with Crippen LogP contribution in [-0.2, 0) is 6.54 Å². The highest BCUT2D eigenvalue weighted by Gasteiger charge is 2.19. The first-order valence-corrected chi connectivity index (χ1v) is 8.51. The summed E-state index contributed by atoms with van der Waals surface area (Å²) in [6.07, 6.45) is 1.89. The predicted molar refractivity (Wildman–Crippen MR) is 81.1 cm³/mol. The molecule has 0 aromatic carbocycles. The summed E-state index contributed by atoms with van der Waals surface area (Å²) in [5.74, 6) is 4.61. The maximum Gasteiger partial charge on any atom is 0.142 e. The first-order chi connectivity index (χ1) is 8.54. The number of nitrogens with one attached hydrogen (secondary N) is 1. The van der Waals surface area contributed by atoms with Crippen molar-refractivity contribution < 1.29 is 0 Å². The maximum atomic E-state index is 4.69. The second kappa shape index (κ2) is 6.26. The quantitative estimate of drug-likeness (QED) is 0.923. The molecule has 3 nitrogen and oxygen atoms in total. The highest BCUT2D eigenvalue weighted by atomic mass is 32.2. The summed E-state index contributed by atoms with van der Waals surface area (Å²) in [5, 5.41) is 3.94. The number of thioether (sulfide) groups is 2. The summed E-state index contributed by atoms with van der Waals surface area (Å²) in [7, 11) is 0. The van der Waals surface area contributed by atoms with Gasteiger partial charge < -0.3 is 5.32 Å². The van der Waals surface area contributed by atoms with E-state index in [1.807, 2.05) is 35.8 Å². The number of nitrogens with zero attached hydrogens (tertiary/aromatic N) is 2. The maximum absolute atomic E-state index is 4.69. The van der Waals surface area contributed by atoms with Crippen LogP contribution in [0.25, 0.3) is 0 Å². The molecule has 1 N–H and O–H groups in total. The molecule has 0 aliphatic carbocycles. The fourth-order valence-electron chi connectivity index (χ4n) is 1.66. The second-order valence-corrected chi connectivity index (χ2v) is 7.90. The zero-order valence-corrected chi connectivity index (χ0v) is 12.9. The van der Waals surface area contributed by atoms with Gasteiger partial charge in [-0.05, 0) is 26.8 Å². The van der Waals surface area contributed by atoms with E-state index in [0.29, 0.717) is 5.25 Å². The summed E-state index contributed by atoms with van der Waals surface area (Å²) in [6.45, 7) is 7.32. The minimum Gasteiger partial charge on any atom is -0.306 e. The Morgan fingerprint density at radius 1 is 1.39 bits per heavy atom. The predicted octanol–water partition coefficient (Wildman–Crippen LogP) is 2.89. The number of hydrogen-bond acceptors (Lipinski definition) is 5. The molecule has 1 aromatic heterocycles. The van der Waals surface area contributed by atoms with Gasteiger partial charge >= 0.3 is 0 Å². The molecular weight excluding hydrogens is 262 g/mol. The highest BCUT2D eigenvalue weighted by molar-refractivity contribution is 8.06. The summed E-state index contributed by atoms with van der Waals surface area (Å²) < 4.78 is 0. The fraction of sp³-hybridized carbons (Fsp3) is 0.692. The van der Waals surface area contributed by atoms with E-state index in [1.165, 1.54) is 11.5 Å². The molecular formula is C13H21N3S2. The molecule has 0 bridgehead atoms. The van der Waals surface area contributed by atoms with Gasteiger partial charge in [0.1, 0.15) is 5.82 Å². The van der Waals surface area contributed by atoms with Crippen LogP contribution in [-0.4, -0.2) is 32.8 Å². The first kappa shape index (κ1) is 14.2. The monoisotopic (exact) mass is 283 g/mol. The molecule has 100 valence electrons. The lowest BCUT2D eigenvalue weighted by atomic mass is 10.1. The largest absolute Gasteiger partial charge is 0.306 e. The zero-order chi connectivity index (χ0) is 13.0. The van der Waals surface area contributed by atoms with Gasteiger partial charge in [0.05, 0.1) is 10.9 Å². The summed E-state index contributed by atoms with van der Waals surface area (Å²) >= 11 is 3.99. The minimum atomic E-state index is 0.126. The van der Waals surface area contributed by atoms with Crippen LogP contribution in [0.2, 0.25) is 0 Å². The Bertz CT molecular complexity index is 384. The summed E-state index contributed by atoms with van der Waals surface area (Å²) in [5.41, 5.74) is 1.21. The molecule has 0 saturated carbocycles. The smallest absolute Gasteiger partial charge is 0.142 e. The average molecular weight is 283 g/mol. The molecule has 2 heterocycles. The minimum absolute atomic E-state index is 0.126. The third-order valence-electron chi connectivity index (χ3n) is 2.64. The van der Waals surface area contributed by atoms with Crippen LogP contribution in [0, 0.1) is 0 Å². The van der Waals surface area contributed by atoms with Crippen LogP contribution in [0.15, 0.2) is 12.3 Å². The van der Waals surface area contributed by atoms with Crippen molar-refractivity contribution in [1.29, 1.82) is 0 Å². The van der Waals surface area contributed by atoms with Gasteiger partial charge in [0.25, 0.3) is 0 Å². The topological polar surface area (TPSA) is 37.8 Å². The van der Waals surface area contributed by atoms with Gasteiger partial charge in [0.2, 0.25) is 0 Å². The molecule has 5 heteroatoms. The van der Waals surface area contributed by atoms with E-state index in [-0.39, 0.29) is 5.54 Å². The van der Waals surface area contributed by atoms with Gasteiger partial charge in [0.15, 0.2) is 0 Å². The molecule has 2 rings (SSSR count). The summed E-state index contributed by atoms with van der Waals surface area (Å²) in [4.78, 5) is 9.13. The van der Waals surface area contributed by atoms with E-state index in [4.69, 9.17) is 4.98 Å². The van der Waals surface area contributed by atoms with Crippen molar-refractivity contribution in [1.82, 2.24) is 15.3 Å². The van der Waals surface area contributed by atoms with Gasteiger partial charge in [-0.15, -0.1) is 11.8 Å². The van der Waals surface area contributed by atoms with Crippen molar-refractivity contribution in [2.24, 2.45) is 0 Å². The van der Waals surface area contributed by atoms with Crippen molar-refractivity contribution in [2.75, 3.05) is 17.3 Å². The van der Waals surface area contributed by atoms with Crippen LogP contribution in [0.4, 0.5) is 0 Å². The Labute approximate surface area is 118 Å². The fourth-order valence-corrected chi connectivity index (χ4v) is 4.27. The van der Waals surface area contributed by atoms with Crippen LogP contribution in [0.5, 0.6) is 0 Å². The van der Waals surface area contributed by atoms with Crippen molar-refractivity contribution in [3.8, 4) is 0 Å². The van der Waals surface area contributed by atoms with E-state index in [1.54, 1.807) is 0 Å². The van der Waals surface area contributed by atoms with Gasteiger partial charge in [-0.1, -0.05) is 0 Å². The van der Waals surface area contributed by atoms with Crippen LogP contribution in [0.1, 0.15) is 37.5 Å². The molecule has 1 aliphatic heterocycles. The molecule has 1 fully saturated rings. The van der Waals surface area contributed by atoms with E-state index in [2.05, 4.69) is 31.1 Å². The van der Waals surface area contributed by atoms with Gasteiger partial charge in [-0.25, -0.2) is 9.97 Å². The van der Waals surface area contributed by atoms with Gasteiger partial charge in [-0.2, -0.15) is 11.8 Å². The zero-order valence-electron chi connectivity index (χ0n) is 11.3. The van der Waals surface area contributed by atoms with Crippen molar-refractivity contribution >= 4 is 23.5 Å². The van der Waals surface area contributed by atoms with Gasteiger partial charge in [-0.3, -0.25) is 0 Å². The second-order valence-electron chi connectivity index (χ2n) is 5.44.